The van der Waals surface area contributed by atoms with Crippen LogP contribution in [0.4, 0.5) is 0 Å². The predicted octanol–water partition coefficient (Wildman–Crippen LogP) is 4.44. The van der Waals surface area contributed by atoms with Crippen molar-refractivity contribution < 1.29 is 9.90 Å². The van der Waals surface area contributed by atoms with Crippen LogP contribution in [-0.4, -0.2) is 32.6 Å². The molecule has 0 unspecified atom stereocenters. The first kappa shape index (κ1) is 16.9. The number of hydrogen-bond acceptors (Lipinski definition) is 4. The van der Waals surface area contributed by atoms with Gasteiger partial charge >= 0.3 is 0 Å². The van der Waals surface area contributed by atoms with Crippen molar-refractivity contribution in [1.29, 1.82) is 0 Å². The fourth-order valence-corrected chi connectivity index (χ4v) is 10.1. The number of fused-ring (bicyclic) bond motifs is 5. The first-order valence-electron chi connectivity index (χ1n) is 9.82. The van der Waals surface area contributed by atoms with Gasteiger partial charge in [0.05, 0.1) is 10.2 Å². The van der Waals surface area contributed by atoms with Gasteiger partial charge in [-0.05, 0) is 49.9 Å². The molecule has 0 amide bonds. The Balaban J connectivity index is 1.49. The summed E-state index contributed by atoms with van der Waals surface area (Å²) in [5.74, 6) is 4.56. The van der Waals surface area contributed by atoms with Crippen molar-refractivity contribution in [2.75, 3.05) is 11.5 Å². The van der Waals surface area contributed by atoms with Crippen LogP contribution in [0.15, 0.2) is 23.8 Å². The summed E-state index contributed by atoms with van der Waals surface area (Å²) in [6.07, 6.45) is 8.18. The summed E-state index contributed by atoms with van der Waals surface area (Å²) in [5.41, 5.74) is 2.61. The summed E-state index contributed by atoms with van der Waals surface area (Å²) in [6, 6.07) is 0. The van der Waals surface area contributed by atoms with E-state index in [-0.39, 0.29) is 17.1 Å². The molecule has 1 heterocycles. The van der Waals surface area contributed by atoms with Crippen LogP contribution in [0.2, 0.25) is 0 Å². The SMILES string of the molecule is C=C1C[C@]2(C)C(=O)C[C@H](O)[C@H]2[C@@H]2CCC3=CC4(CC[C@@H]3[C@@H]12)SCCS4. The highest BCUT2D eigenvalue weighted by Gasteiger charge is 2.61. The Morgan fingerprint density at radius 2 is 2.04 bits per heavy atom. The zero-order chi connectivity index (χ0) is 17.4. The molecule has 1 aliphatic heterocycles. The fraction of sp³-hybridized carbons (Fsp3) is 0.762. The van der Waals surface area contributed by atoms with Gasteiger partial charge in [0.2, 0.25) is 0 Å². The fourth-order valence-electron chi connectivity index (χ4n) is 6.90. The van der Waals surface area contributed by atoms with Crippen LogP contribution < -0.4 is 0 Å². The highest BCUT2D eigenvalue weighted by atomic mass is 32.2. The van der Waals surface area contributed by atoms with Gasteiger partial charge in [0.25, 0.3) is 0 Å². The van der Waals surface area contributed by atoms with E-state index in [0.29, 0.717) is 28.3 Å². The van der Waals surface area contributed by atoms with E-state index in [0.717, 1.165) is 19.3 Å². The molecule has 4 aliphatic carbocycles. The van der Waals surface area contributed by atoms with Crippen LogP contribution in [0.1, 0.15) is 45.4 Å². The van der Waals surface area contributed by atoms with E-state index in [1.165, 1.54) is 29.9 Å². The van der Waals surface area contributed by atoms with E-state index in [2.05, 4.69) is 43.1 Å². The largest absolute Gasteiger partial charge is 0.392 e. The lowest BCUT2D eigenvalue weighted by molar-refractivity contribution is -0.129. The van der Waals surface area contributed by atoms with Crippen LogP contribution in [0.3, 0.4) is 0 Å². The van der Waals surface area contributed by atoms with Crippen molar-refractivity contribution in [3.63, 3.8) is 0 Å². The van der Waals surface area contributed by atoms with E-state index < -0.39 is 6.10 Å². The van der Waals surface area contributed by atoms with Crippen molar-refractivity contribution in [1.82, 2.24) is 0 Å². The Bertz CT molecular complexity index is 663. The van der Waals surface area contributed by atoms with Gasteiger partial charge in [-0.25, -0.2) is 0 Å². The summed E-state index contributed by atoms with van der Waals surface area (Å²) in [4.78, 5) is 12.6. The number of Topliss-reactive ketones (excluding diaryl/α,β-unsaturated/α-hetero) is 1. The van der Waals surface area contributed by atoms with Gasteiger partial charge in [-0.1, -0.05) is 30.7 Å². The third-order valence-electron chi connectivity index (χ3n) is 7.83. The quantitative estimate of drug-likeness (QED) is 0.634. The maximum atomic E-state index is 12.6. The highest BCUT2D eigenvalue weighted by molar-refractivity contribution is 8.21. The average Bonchev–Trinajstić information content (AvgIpc) is 3.10. The summed E-state index contributed by atoms with van der Waals surface area (Å²) in [6.45, 7) is 6.57. The molecule has 25 heavy (non-hydrogen) atoms. The zero-order valence-electron chi connectivity index (χ0n) is 15.0. The Hall–Kier alpha value is -0.190. The Kier molecular flexibility index (Phi) is 3.83. The molecule has 1 saturated heterocycles. The molecule has 4 fully saturated rings. The van der Waals surface area contributed by atoms with E-state index in [4.69, 9.17) is 0 Å². The van der Waals surface area contributed by atoms with Gasteiger partial charge in [-0.3, -0.25) is 4.79 Å². The number of rotatable bonds is 0. The third-order valence-corrected chi connectivity index (χ3v) is 11.2. The minimum atomic E-state index is -0.431. The molecule has 5 rings (SSSR count). The smallest absolute Gasteiger partial charge is 0.142 e. The van der Waals surface area contributed by atoms with Crippen LogP contribution in [0.5, 0.6) is 0 Å². The number of ketones is 1. The number of thioether (sulfide) groups is 2. The maximum absolute atomic E-state index is 12.6. The van der Waals surface area contributed by atoms with Gasteiger partial charge in [-0.2, -0.15) is 0 Å². The molecule has 6 atom stereocenters. The molecule has 0 aromatic carbocycles. The lowest BCUT2D eigenvalue weighted by Crippen LogP contribution is -2.50. The zero-order valence-corrected chi connectivity index (χ0v) is 16.6. The molecule has 0 radical (unpaired) electrons. The molecule has 3 saturated carbocycles. The minimum absolute atomic E-state index is 0.156. The first-order chi connectivity index (χ1) is 11.9. The second-order valence-corrected chi connectivity index (χ2v) is 12.2. The lowest BCUT2D eigenvalue weighted by atomic mass is 9.50. The molecular weight excluding hydrogens is 348 g/mol. The Morgan fingerprint density at radius 1 is 1.28 bits per heavy atom. The minimum Gasteiger partial charge on any atom is -0.392 e. The van der Waals surface area contributed by atoms with Crippen molar-refractivity contribution in [3.8, 4) is 0 Å². The number of aliphatic hydroxyl groups is 1. The van der Waals surface area contributed by atoms with Crippen molar-refractivity contribution >= 4 is 29.3 Å². The number of carbonyl (C=O) groups excluding carboxylic acids is 1. The Labute approximate surface area is 159 Å². The second kappa shape index (κ2) is 5.65. The normalized spacial score (nSPS) is 48.1. The standard InChI is InChI=1S/C21H28O2S2/c1-12-10-20(2)17(23)9-16(22)19(20)15-4-3-13-11-21(24-7-8-25-21)6-5-14(13)18(12)15/h11,14-16,18-19,22H,1,3-10H2,2H3/t14-,15+,16-,18+,19+,20+/m0/s1. The monoisotopic (exact) mass is 376 g/mol. The van der Waals surface area contributed by atoms with E-state index in [1.54, 1.807) is 5.57 Å². The number of allylic oxidation sites excluding steroid dienone is 2. The molecule has 1 spiro atoms. The van der Waals surface area contributed by atoms with Crippen molar-refractivity contribution in [3.05, 3.63) is 23.8 Å². The predicted molar refractivity (Wildman–Crippen MR) is 106 cm³/mol. The lowest BCUT2D eigenvalue weighted by Gasteiger charge is -2.54. The van der Waals surface area contributed by atoms with Gasteiger partial charge in [0.15, 0.2) is 0 Å². The summed E-state index contributed by atoms with van der Waals surface area (Å²) < 4.78 is 0.353. The van der Waals surface area contributed by atoms with E-state index >= 15 is 0 Å². The molecule has 2 nitrogen and oxygen atoms in total. The van der Waals surface area contributed by atoms with Gasteiger partial charge in [0, 0.05) is 29.3 Å². The van der Waals surface area contributed by atoms with Gasteiger partial charge in [-0.15, -0.1) is 23.5 Å². The molecule has 0 aromatic heterocycles. The Morgan fingerprint density at radius 3 is 2.80 bits per heavy atom. The van der Waals surface area contributed by atoms with E-state index in [9.17, 15) is 9.90 Å². The topological polar surface area (TPSA) is 37.3 Å². The van der Waals surface area contributed by atoms with Crippen LogP contribution in [0, 0.1) is 29.1 Å². The molecule has 1 N–H and O–H groups in total. The van der Waals surface area contributed by atoms with E-state index in [1.807, 2.05) is 0 Å². The summed E-state index contributed by atoms with van der Waals surface area (Å²) >= 11 is 4.29. The number of carbonyl (C=O) groups is 1. The highest BCUT2D eigenvalue weighted by Crippen LogP contribution is 2.64. The van der Waals surface area contributed by atoms with Crippen molar-refractivity contribution in [2.45, 2.75) is 55.6 Å². The number of aliphatic hydroxyl groups excluding tert-OH is 1. The van der Waals surface area contributed by atoms with Gasteiger partial charge in [0.1, 0.15) is 5.78 Å². The summed E-state index contributed by atoms with van der Waals surface area (Å²) in [7, 11) is 0. The first-order valence-corrected chi connectivity index (χ1v) is 11.8. The van der Waals surface area contributed by atoms with Crippen LogP contribution >= 0.6 is 23.5 Å². The molecule has 136 valence electrons. The maximum Gasteiger partial charge on any atom is 0.142 e. The molecule has 0 aromatic rings. The third kappa shape index (κ3) is 2.32. The van der Waals surface area contributed by atoms with Gasteiger partial charge < -0.3 is 5.11 Å². The summed E-state index contributed by atoms with van der Waals surface area (Å²) in [5, 5.41) is 10.7. The second-order valence-electron chi connectivity index (χ2n) is 9.07. The average molecular weight is 377 g/mol. The van der Waals surface area contributed by atoms with Crippen LogP contribution in [-0.2, 0) is 4.79 Å². The number of hydrogen-bond donors (Lipinski definition) is 1. The molecule has 0 bridgehead atoms. The molecule has 4 heteroatoms. The van der Waals surface area contributed by atoms with Crippen LogP contribution in [0.25, 0.3) is 0 Å². The molecular formula is C21H28O2S2. The molecule has 5 aliphatic rings. The van der Waals surface area contributed by atoms with Crippen molar-refractivity contribution in [2.24, 2.45) is 29.1 Å².